The highest BCUT2D eigenvalue weighted by Crippen LogP contribution is 2.35. The molecule has 2 aromatic carbocycles. The van der Waals surface area contributed by atoms with Crippen molar-refractivity contribution in [3.05, 3.63) is 54.3 Å². The molecule has 0 bridgehead atoms. The van der Waals surface area contributed by atoms with E-state index in [0.29, 0.717) is 11.6 Å². The van der Waals surface area contributed by atoms with Gasteiger partial charge in [0.25, 0.3) is 0 Å². The average Bonchev–Trinajstić information content (AvgIpc) is 2.32. The molecule has 6 heteroatoms. The van der Waals surface area contributed by atoms with E-state index in [-0.39, 0.29) is 5.75 Å². The topological polar surface area (TPSA) is 32.3 Å². The van der Waals surface area contributed by atoms with Crippen molar-refractivity contribution in [1.29, 1.82) is 0 Å². The van der Waals surface area contributed by atoms with Gasteiger partial charge in [0, 0.05) is 30.5 Å². The van der Waals surface area contributed by atoms with Gasteiger partial charge in [-0.25, -0.2) is 0 Å². The Hall–Kier alpha value is -0.230. The van der Waals surface area contributed by atoms with Gasteiger partial charge in [0.05, 0.1) is 5.69 Å². The van der Waals surface area contributed by atoms with Gasteiger partial charge < -0.3 is 10.4 Å². The second-order valence-electron chi connectivity index (χ2n) is 3.87. The zero-order valence-electron chi connectivity index (χ0n) is 9.55. The largest absolute Gasteiger partial charge is 0.508 e. The van der Waals surface area contributed by atoms with Gasteiger partial charge in [0.15, 0.2) is 0 Å². The predicted molar refractivity (Wildman–Crippen MR) is 90.0 cm³/mol. The van der Waals surface area contributed by atoms with Crippen LogP contribution in [0.5, 0.6) is 5.75 Å². The number of phenolic OH excluding ortho intramolecular Hbond substituents is 1. The van der Waals surface area contributed by atoms with Crippen LogP contribution in [0.2, 0.25) is 5.02 Å². The van der Waals surface area contributed by atoms with Crippen molar-refractivity contribution in [2.75, 3.05) is 5.32 Å². The Balaban J connectivity index is 2.21. The maximum absolute atomic E-state index is 9.77. The summed E-state index contributed by atoms with van der Waals surface area (Å²) in [7, 11) is 0. The van der Waals surface area contributed by atoms with Gasteiger partial charge in [-0.2, -0.15) is 0 Å². The van der Waals surface area contributed by atoms with Crippen LogP contribution in [0.25, 0.3) is 0 Å². The molecule has 0 spiro atoms. The van der Waals surface area contributed by atoms with E-state index < -0.39 is 0 Å². The van der Waals surface area contributed by atoms with Crippen LogP contribution in [-0.4, -0.2) is 5.11 Å². The molecule has 0 radical (unpaired) electrons. The highest BCUT2D eigenvalue weighted by Gasteiger charge is 2.08. The molecule has 2 aromatic rings. The molecule has 0 saturated heterocycles. The van der Waals surface area contributed by atoms with E-state index in [1.54, 1.807) is 18.2 Å². The van der Waals surface area contributed by atoms with Crippen LogP contribution in [0.4, 0.5) is 5.69 Å². The van der Waals surface area contributed by atoms with Crippen molar-refractivity contribution >= 4 is 65.1 Å². The minimum atomic E-state index is 0.223. The van der Waals surface area contributed by atoms with E-state index in [9.17, 15) is 5.11 Å². The molecule has 0 atom stereocenters. The zero-order chi connectivity index (χ0) is 14.0. The predicted octanol–water partition coefficient (Wildman–Crippen LogP) is 5.95. The molecule has 0 fully saturated rings. The van der Waals surface area contributed by atoms with E-state index in [2.05, 4.69) is 53.1 Å². The van der Waals surface area contributed by atoms with E-state index in [1.165, 1.54) is 0 Å². The molecule has 0 aliphatic rings. The van der Waals surface area contributed by atoms with Gasteiger partial charge in [-0.3, -0.25) is 0 Å². The van der Waals surface area contributed by atoms with E-state index in [0.717, 1.165) is 24.7 Å². The molecule has 0 unspecified atom stereocenters. The number of hydrogen-bond acceptors (Lipinski definition) is 2. The number of aromatic hydroxyl groups is 1. The number of phenols is 1. The molecule has 2 N–H and O–H groups in total. The summed E-state index contributed by atoms with van der Waals surface area (Å²) >= 11 is 16.3. The lowest BCUT2D eigenvalue weighted by Crippen LogP contribution is -2.01. The number of anilines is 1. The molecule has 2 rings (SSSR count). The summed E-state index contributed by atoms with van der Waals surface area (Å²) in [4.78, 5) is 0. The van der Waals surface area contributed by atoms with Gasteiger partial charge in [-0.05, 0) is 62.2 Å². The molecule has 19 heavy (non-hydrogen) atoms. The average molecular weight is 470 g/mol. The molecule has 0 saturated carbocycles. The lowest BCUT2D eigenvalue weighted by molar-refractivity contribution is 0.469. The summed E-state index contributed by atoms with van der Waals surface area (Å²) < 4.78 is 2.83. The van der Waals surface area contributed by atoms with Crippen molar-refractivity contribution in [3.63, 3.8) is 0 Å². The third-order valence-corrected chi connectivity index (χ3v) is 4.45. The van der Waals surface area contributed by atoms with Gasteiger partial charge in [-0.15, -0.1) is 0 Å². The number of nitrogens with one attached hydrogen (secondary N) is 1. The Morgan fingerprint density at radius 2 is 1.68 bits per heavy atom. The Morgan fingerprint density at radius 3 is 2.32 bits per heavy atom. The summed E-state index contributed by atoms with van der Waals surface area (Å²) in [5, 5.41) is 13.6. The van der Waals surface area contributed by atoms with Gasteiger partial charge in [0.1, 0.15) is 5.75 Å². The first-order chi connectivity index (χ1) is 8.97. The Labute approximate surface area is 141 Å². The molecule has 100 valence electrons. The molecule has 2 nitrogen and oxygen atoms in total. The lowest BCUT2D eigenvalue weighted by Gasteiger charge is -2.12. The van der Waals surface area contributed by atoms with Gasteiger partial charge >= 0.3 is 0 Å². The second kappa shape index (κ2) is 6.48. The normalized spacial score (nSPS) is 10.5. The molecular formula is C13H9Br3ClNO. The Kier molecular flexibility index (Phi) is 5.17. The summed E-state index contributed by atoms with van der Waals surface area (Å²) in [6.07, 6.45) is 0. The second-order valence-corrected chi connectivity index (χ2v) is 6.93. The van der Waals surface area contributed by atoms with Crippen molar-refractivity contribution in [2.45, 2.75) is 6.54 Å². The molecule has 0 heterocycles. The van der Waals surface area contributed by atoms with Gasteiger partial charge in [-0.1, -0.05) is 27.5 Å². The summed E-state index contributed by atoms with van der Waals surface area (Å²) in [5.41, 5.74) is 1.66. The number of rotatable bonds is 3. The molecule has 0 amide bonds. The number of hydrogen-bond donors (Lipinski definition) is 2. The third-order valence-electron chi connectivity index (χ3n) is 2.50. The van der Waals surface area contributed by atoms with E-state index in [1.807, 2.05) is 12.1 Å². The monoisotopic (exact) mass is 467 g/mol. The third kappa shape index (κ3) is 3.88. The smallest absolute Gasteiger partial charge is 0.120 e. The SMILES string of the molecule is Oc1ccc(Cl)cc1CNc1c(Br)cc(Br)cc1Br. The minimum Gasteiger partial charge on any atom is -0.508 e. The van der Waals surface area contributed by atoms with Crippen LogP contribution in [0, 0.1) is 0 Å². The molecule has 0 aliphatic heterocycles. The van der Waals surface area contributed by atoms with Crippen LogP contribution in [0.15, 0.2) is 43.7 Å². The van der Waals surface area contributed by atoms with Crippen LogP contribution in [0.3, 0.4) is 0 Å². The Morgan fingerprint density at radius 1 is 1.05 bits per heavy atom. The van der Waals surface area contributed by atoms with Gasteiger partial charge in [0.2, 0.25) is 0 Å². The van der Waals surface area contributed by atoms with Crippen LogP contribution in [0.1, 0.15) is 5.56 Å². The number of halogens is 4. The first kappa shape index (κ1) is 15.2. The maximum Gasteiger partial charge on any atom is 0.120 e. The van der Waals surface area contributed by atoms with Crippen LogP contribution in [-0.2, 0) is 6.54 Å². The summed E-state index contributed by atoms with van der Waals surface area (Å²) in [6.45, 7) is 0.477. The van der Waals surface area contributed by atoms with E-state index in [4.69, 9.17) is 11.6 Å². The highest BCUT2D eigenvalue weighted by molar-refractivity contribution is 9.11. The fourth-order valence-electron chi connectivity index (χ4n) is 1.59. The standard InChI is InChI=1S/C13H9Br3ClNO/c14-8-4-10(15)13(11(16)5-8)18-6-7-3-9(17)1-2-12(7)19/h1-5,18-19H,6H2. The van der Waals surface area contributed by atoms with Crippen LogP contribution >= 0.6 is 59.4 Å². The summed E-state index contributed by atoms with van der Waals surface area (Å²) in [6, 6.07) is 8.89. The minimum absolute atomic E-state index is 0.223. The fourth-order valence-corrected chi connectivity index (χ4v) is 4.32. The van der Waals surface area contributed by atoms with Crippen molar-refractivity contribution in [2.24, 2.45) is 0 Å². The van der Waals surface area contributed by atoms with E-state index >= 15 is 0 Å². The maximum atomic E-state index is 9.77. The van der Waals surface area contributed by atoms with Crippen molar-refractivity contribution in [1.82, 2.24) is 0 Å². The van der Waals surface area contributed by atoms with Crippen LogP contribution < -0.4 is 5.32 Å². The first-order valence-corrected chi connectivity index (χ1v) is 8.09. The lowest BCUT2D eigenvalue weighted by atomic mass is 10.2. The molecular weight excluding hydrogens is 461 g/mol. The van der Waals surface area contributed by atoms with Crippen molar-refractivity contribution < 1.29 is 5.11 Å². The molecule has 0 aliphatic carbocycles. The van der Waals surface area contributed by atoms with Crippen molar-refractivity contribution in [3.8, 4) is 5.75 Å². The summed E-state index contributed by atoms with van der Waals surface area (Å²) in [5.74, 6) is 0.223. The zero-order valence-corrected chi connectivity index (χ0v) is 15.1. The first-order valence-electron chi connectivity index (χ1n) is 5.33. The molecule has 0 aromatic heterocycles. The fraction of sp³-hybridized carbons (Fsp3) is 0.0769. The number of benzene rings is 2. The highest BCUT2D eigenvalue weighted by atomic mass is 79.9. The Bertz CT molecular complexity index is 596. The quantitative estimate of drug-likeness (QED) is 0.582.